The van der Waals surface area contributed by atoms with Crippen molar-refractivity contribution in [1.29, 1.82) is 0 Å². The molecule has 0 amide bonds. The highest BCUT2D eigenvalue weighted by atomic mass is 79.9. The van der Waals surface area contributed by atoms with Crippen molar-refractivity contribution in [2.24, 2.45) is 5.73 Å². The summed E-state index contributed by atoms with van der Waals surface area (Å²) in [6.45, 7) is 0. The van der Waals surface area contributed by atoms with Crippen LogP contribution >= 0.6 is 15.9 Å². The molecule has 1 aliphatic carbocycles. The molecule has 12 heavy (non-hydrogen) atoms. The molecule has 0 saturated heterocycles. The van der Waals surface area contributed by atoms with Gasteiger partial charge >= 0.3 is 0 Å². The van der Waals surface area contributed by atoms with Crippen LogP contribution in [0.1, 0.15) is 23.6 Å². The number of benzene rings is 1. The summed E-state index contributed by atoms with van der Waals surface area (Å²) in [5, 5.41) is 0. The molecule has 0 bridgehead atoms. The Morgan fingerprint density at radius 3 is 3.00 bits per heavy atom. The van der Waals surface area contributed by atoms with E-state index in [4.69, 9.17) is 5.73 Å². The fourth-order valence-electron chi connectivity index (χ4n) is 1.66. The lowest BCUT2D eigenvalue weighted by molar-refractivity contribution is 0.618. The molecule has 1 atom stereocenters. The number of nitrogens with two attached hydrogens (primary N) is 1. The van der Waals surface area contributed by atoms with Crippen LogP contribution in [0.5, 0.6) is 0 Å². The van der Waals surface area contributed by atoms with Gasteiger partial charge in [0.05, 0.1) is 4.47 Å². The largest absolute Gasteiger partial charge is 0.324 e. The van der Waals surface area contributed by atoms with E-state index in [0.29, 0.717) is 4.47 Å². The van der Waals surface area contributed by atoms with Gasteiger partial charge in [0.25, 0.3) is 0 Å². The molecule has 1 aliphatic rings. The number of rotatable bonds is 0. The van der Waals surface area contributed by atoms with Crippen LogP contribution in [0, 0.1) is 5.82 Å². The van der Waals surface area contributed by atoms with Crippen molar-refractivity contribution in [3.8, 4) is 0 Å². The van der Waals surface area contributed by atoms with Gasteiger partial charge in [0.1, 0.15) is 5.82 Å². The van der Waals surface area contributed by atoms with Gasteiger partial charge in [-0.15, -0.1) is 0 Å². The molecular weight excluding hydrogens is 221 g/mol. The number of halogens is 2. The van der Waals surface area contributed by atoms with Gasteiger partial charge in [-0.25, -0.2) is 4.39 Å². The van der Waals surface area contributed by atoms with Crippen molar-refractivity contribution in [1.82, 2.24) is 0 Å². The monoisotopic (exact) mass is 229 g/mol. The highest BCUT2D eigenvalue weighted by Gasteiger charge is 2.22. The van der Waals surface area contributed by atoms with Crippen LogP contribution < -0.4 is 5.73 Å². The summed E-state index contributed by atoms with van der Waals surface area (Å²) in [6, 6.07) is 3.35. The van der Waals surface area contributed by atoms with E-state index in [2.05, 4.69) is 15.9 Å². The average molecular weight is 230 g/mol. The third kappa shape index (κ3) is 1.08. The molecule has 64 valence electrons. The molecule has 0 spiro atoms. The molecule has 1 aromatic rings. The summed E-state index contributed by atoms with van der Waals surface area (Å²) in [5.74, 6) is -0.192. The Bertz CT molecular complexity index is 325. The van der Waals surface area contributed by atoms with Gasteiger partial charge < -0.3 is 5.73 Å². The third-order valence-corrected chi connectivity index (χ3v) is 3.19. The van der Waals surface area contributed by atoms with Crippen molar-refractivity contribution in [2.45, 2.75) is 18.9 Å². The Balaban J connectivity index is 2.60. The maximum absolute atomic E-state index is 13.0. The zero-order chi connectivity index (χ0) is 8.72. The zero-order valence-electron chi connectivity index (χ0n) is 6.48. The van der Waals surface area contributed by atoms with Gasteiger partial charge in [-0.1, -0.05) is 6.07 Å². The molecule has 0 aliphatic heterocycles. The number of hydrogen-bond acceptors (Lipinski definition) is 1. The van der Waals surface area contributed by atoms with Crippen LogP contribution in [-0.4, -0.2) is 0 Å². The maximum Gasteiger partial charge on any atom is 0.137 e. The summed E-state index contributed by atoms with van der Waals surface area (Å²) >= 11 is 3.23. The van der Waals surface area contributed by atoms with E-state index in [9.17, 15) is 4.39 Å². The molecular formula is C9H9BrFN. The molecule has 0 fully saturated rings. The molecule has 1 aromatic carbocycles. The normalized spacial score (nSPS) is 21.1. The van der Waals surface area contributed by atoms with Gasteiger partial charge in [-0.3, -0.25) is 0 Å². The SMILES string of the molecule is N[C@H]1CCc2c1ccc(F)c2Br. The molecule has 0 heterocycles. The Morgan fingerprint density at radius 2 is 2.25 bits per heavy atom. The van der Waals surface area contributed by atoms with E-state index in [1.807, 2.05) is 0 Å². The molecule has 2 rings (SSSR count). The van der Waals surface area contributed by atoms with Crippen LogP contribution in [0.3, 0.4) is 0 Å². The molecule has 0 radical (unpaired) electrons. The van der Waals surface area contributed by atoms with E-state index >= 15 is 0 Å². The topological polar surface area (TPSA) is 26.0 Å². The van der Waals surface area contributed by atoms with Crippen LogP contribution in [0.15, 0.2) is 16.6 Å². The standard InChI is InChI=1S/C9H9BrFN/c10-9-6-2-4-8(12)5(6)1-3-7(9)11/h1,3,8H,2,4,12H2/t8-/m0/s1. The van der Waals surface area contributed by atoms with Gasteiger partial charge in [-0.05, 0) is 46.0 Å². The zero-order valence-corrected chi connectivity index (χ0v) is 8.07. The summed E-state index contributed by atoms with van der Waals surface area (Å²) < 4.78 is 13.6. The van der Waals surface area contributed by atoms with Gasteiger partial charge in [-0.2, -0.15) is 0 Å². The van der Waals surface area contributed by atoms with Crippen LogP contribution in [0.2, 0.25) is 0 Å². The van der Waals surface area contributed by atoms with Crippen LogP contribution in [-0.2, 0) is 6.42 Å². The molecule has 0 unspecified atom stereocenters. The minimum Gasteiger partial charge on any atom is -0.324 e. The maximum atomic E-state index is 13.0. The minimum atomic E-state index is -0.192. The molecule has 0 saturated carbocycles. The first kappa shape index (κ1) is 8.20. The van der Waals surface area contributed by atoms with E-state index in [-0.39, 0.29) is 11.9 Å². The Kier molecular flexibility index (Phi) is 1.93. The lowest BCUT2D eigenvalue weighted by atomic mass is 10.1. The van der Waals surface area contributed by atoms with E-state index in [1.165, 1.54) is 6.07 Å². The first-order valence-electron chi connectivity index (χ1n) is 3.92. The second-order valence-electron chi connectivity index (χ2n) is 3.07. The molecule has 0 aromatic heterocycles. The average Bonchev–Trinajstić information content (AvgIpc) is 2.41. The second-order valence-corrected chi connectivity index (χ2v) is 3.87. The van der Waals surface area contributed by atoms with Gasteiger partial charge in [0.2, 0.25) is 0 Å². The quantitative estimate of drug-likeness (QED) is 0.728. The summed E-state index contributed by atoms with van der Waals surface area (Å²) in [7, 11) is 0. The van der Waals surface area contributed by atoms with Crippen molar-refractivity contribution < 1.29 is 4.39 Å². The lowest BCUT2D eigenvalue weighted by Crippen LogP contribution is -2.05. The van der Waals surface area contributed by atoms with Crippen molar-refractivity contribution in [2.75, 3.05) is 0 Å². The smallest absolute Gasteiger partial charge is 0.137 e. The lowest BCUT2D eigenvalue weighted by Gasteiger charge is -2.05. The van der Waals surface area contributed by atoms with Crippen molar-refractivity contribution in [3.63, 3.8) is 0 Å². The predicted octanol–water partition coefficient (Wildman–Crippen LogP) is 2.53. The molecule has 3 heteroatoms. The minimum absolute atomic E-state index is 0.0944. The van der Waals surface area contributed by atoms with Crippen molar-refractivity contribution >= 4 is 15.9 Å². The Hall–Kier alpha value is -0.410. The van der Waals surface area contributed by atoms with Crippen molar-refractivity contribution in [3.05, 3.63) is 33.5 Å². The highest BCUT2D eigenvalue weighted by molar-refractivity contribution is 9.10. The first-order chi connectivity index (χ1) is 5.70. The summed E-state index contributed by atoms with van der Waals surface area (Å²) in [4.78, 5) is 0. The fraction of sp³-hybridized carbons (Fsp3) is 0.333. The first-order valence-corrected chi connectivity index (χ1v) is 4.72. The summed E-state index contributed by atoms with van der Waals surface area (Å²) in [5.41, 5.74) is 7.95. The van der Waals surface area contributed by atoms with E-state index in [0.717, 1.165) is 24.0 Å². The van der Waals surface area contributed by atoms with E-state index in [1.54, 1.807) is 6.07 Å². The molecule has 1 nitrogen and oxygen atoms in total. The summed E-state index contributed by atoms with van der Waals surface area (Å²) in [6.07, 6.45) is 1.81. The predicted molar refractivity (Wildman–Crippen MR) is 49.3 cm³/mol. The molecule has 2 N–H and O–H groups in total. The third-order valence-electron chi connectivity index (χ3n) is 2.34. The Labute approximate surface area is 78.9 Å². The number of fused-ring (bicyclic) bond motifs is 1. The van der Waals surface area contributed by atoms with Gasteiger partial charge in [0.15, 0.2) is 0 Å². The fourth-order valence-corrected chi connectivity index (χ4v) is 2.22. The van der Waals surface area contributed by atoms with E-state index < -0.39 is 0 Å². The highest BCUT2D eigenvalue weighted by Crippen LogP contribution is 2.35. The Morgan fingerprint density at radius 1 is 1.50 bits per heavy atom. The number of hydrogen-bond donors (Lipinski definition) is 1. The van der Waals surface area contributed by atoms with Crippen LogP contribution in [0.25, 0.3) is 0 Å². The second kappa shape index (κ2) is 2.82. The van der Waals surface area contributed by atoms with Gasteiger partial charge in [0, 0.05) is 6.04 Å². The van der Waals surface area contributed by atoms with Crippen LogP contribution in [0.4, 0.5) is 4.39 Å².